The van der Waals surface area contributed by atoms with Crippen LogP contribution < -0.4 is 11.1 Å². The van der Waals surface area contributed by atoms with Gasteiger partial charge in [-0.3, -0.25) is 9.59 Å². The average molecular weight is 285 g/mol. The fourth-order valence-electron chi connectivity index (χ4n) is 1.56. The molecule has 0 aliphatic carbocycles. The summed E-state index contributed by atoms with van der Waals surface area (Å²) in [5.74, 6) is -0.593. The van der Waals surface area contributed by atoms with Crippen molar-refractivity contribution < 1.29 is 9.59 Å². The number of hydrogen-bond acceptors (Lipinski definition) is 4. The molecule has 1 heterocycles. The lowest BCUT2D eigenvalue weighted by molar-refractivity contribution is -0.121. The maximum atomic E-state index is 12.3. The molecule has 0 aliphatic heterocycles. The van der Waals surface area contributed by atoms with E-state index in [-0.39, 0.29) is 29.1 Å². The highest BCUT2D eigenvalue weighted by Crippen LogP contribution is 2.17. The van der Waals surface area contributed by atoms with Gasteiger partial charge in [-0.05, 0) is 12.5 Å². The maximum Gasteiger partial charge on any atom is 0.257 e. The number of amides is 2. The normalized spacial score (nSPS) is 10.1. The molecule has 0 saturated heterocycles. The third-order valence-electron chi connectivity index (χ3n) is 2.48. The van der Waals surface area contributed by atoms with Crippen molar-refractivity contribution >= 4 is 29.1 Å². The standard InChI is InChI=1S/C12H17ClN4O2/c1-3-4-17(7-10(18)15-2)12(19)9-5-8(14)6-16-11(9)13/h5-6H,3-4,7,14H2,1-2H3,(H,15,18). The second kappa shape index (κ2) is 6.94. The largest absolute Gasteiger partial charge is 0.397 e. The number of rotatable bonds is 5. The third-order valence-corrected chi connectivity index (χ3v) is 2.79. The number of anilines is 1. The monoisotopic (exact) mass is 284 g/mol. The van der Waals surface area contributed by atoms with E-state index in [9.17, 15) is 9.59 Å². The highest BCUT2D eigenvalue weighted by atomic mass is 35.5. The van der Waals surface area contributed by atoms with Gasteiger partial charge in [0.1, 0.15) is 5.15 Å². The molecule has 104 valence electrons. The van der Waals surface area contributed by atoms with Crippen molar-refractivity contribution in [1.82, 2.24) is 15.2 Å². The Bertz CT molecular complexity index is 479. The van der Waals surface area contributed by atoms with Crippen molar-refractivity contribution in [2.24, 2.45) is 0 Å². The van der Waals surface area contributed by atoms with Crippen LogP contribution >= 0.6 is 11.6 Å². The Balaban J connectivity index is 2.98. The molecule has 0 aliphatic rings. The van der Waals surface area contributed by atoms with Crippen LogP contribution in [0.3, 0.4) is 0 Å². The van der Waals surface area contributed by atoms with Gasteiger partial charge in [0.25, 0.3) is 5.91 Å². The minimum absolute atomic E-state index is 0.0195. The summed E-state index contributed by atoms with van der Waals surface area (Å²) in [6, 6.07) is 1.46. The van der Waals surface area contributed by atoms with Gasteiger partial charge >= 0.3 is 0 Å². The number of aromatic nitrogens is 1. The molecule has 0 unspecified atom stereocenters. The number of nitrogens with two attached hydrogens (primary N) is 1. The van der Waals surface area contributed by atoms with Gasteiger partial charge in [-0.2, -0.15) is 0 Å². The van der Waals surface area contributed by atoms with Crippen LogP contribution in [0.15, 0.2) is 12.3 Å². The van der Waals surface area contributed by atoms with Crippen molar-refractivity contribution in [3.63, 3.8) is 0 Å². The third kappa shape index (κ3) is 4.10. The molecule has 6 nitrogen and oxygen atoms in total. The number of nitrogens with zero attached hydrogens (tertiary/aromatic N) is 2. The maximum absolute atomic E-state index is 12.3. The van der Waals surface area contributed by atoms with Crippen LogP contribution in [0.1, 0.15) is 23.7 Å². The Labute approximate surface area is 116 Å². The summed E-state index contributed by atoms with van der Waals surface area (Å²) in [6.45, 7) is 2.36. The first-order valence-corrected chi connectivity index (χ1v) is 6.28. The summed E-state index contributed by atoms with van der Waals surface area (Å²) in [6.07, 6.45) is 2.11. The topological polar surface area (TPSA) is 88.3 Å². The Hall–Kier alpha value is -1.82. The van der Waals surface area contributed by atoms with Crippen LogP contribution in [-0.4, -0.2) is 41.8 Å². The molecule has 0 bridgehead atoms. The van der Waals surface area contributed by atoms with Gasteiger partial charge in [-0.15, -0.1) is 0 Å². The number of halogens is 1. The van der Waals surface area contributed by atoms with Crippen LogP contribution in [0, 0.1) is 0 Å². The summed E-state index contributed by atoms with van der Waals surface area (Å²) >= 11 is 5.89. The van der Waals surface area contributed by atoms with E-state index < -0.39 is 0 Å². The number of pyridine rings is 1. The molecule has 0 saturated carbocycles. The van der Waals surface area contributed by atoms with Crippen molar-refractivity contribution in [2.75, 3.05) is 25.9 Å². The summed E-state index contributed by atoms with van der Waals surface area (Å²) in [4.78, 5) is 29.0. The van der Waals surface area contributed by atoms with E-state index in [1.54, 1.807) is 0 Å². The highest BCUT2D eigenvalue weighted by molar-refractivity contribution is 6.32. The van der Waals surface area contributed by atoms with Gasteiger partial charge < -0.3 is 16.0 Å². The summed E-state index contributed by atoms with van der Waals surface area (Å²) in [5.41, 5.74) is 6.15. The van der Waals surface area contributed by atoms with E-state index in [1.807, 2.05) is 6.92 Å². The second-order valence-electron chi connectivity index (χ2n) is 4.01. The van der Waals surface area contributed by atoms with Crippen LogP contribution in [-0.2, 0) is 4.79 Å². The summed E-state index contributed by atoms with van der Waals surface area (Å²) in [5, 5.41) is 2.56. The summed E-state index contributed by atoms with van der Waals surface area (Å²) < 4.78 is 0. The number of carbonyl (C=O) groups excluding carboxylic acids is 2. The Kier molecular flexibility index (Phi) is 5.57. The minimum Gasteiger partial charge on any atom is -0.397 e. The lowest BCUT2D eigenvalue weighted by Gasteiger charge is -2.21. The van der Waals surface area contributed by atoms with Crippen molar-refractivity contribution in [2.45, 2.75) is 13.3 Å². The van der Waals surface area contributed by atoms with E-state index in [1.165, 1.54) is 24.2 Å². The van der Waals surface area contributed by atoms with Gasteiger partial charge in [-0.25, -0.2) is 4.98 Å². The van der Waals surface area contributed by atoms with Crippen molar-refractivity contribution in [1.29, 1.82) is 0 Å². The van der Waals surface area contributed by atoms with Gasteiger partial charge in [0.15, 0.2) is 0 Å². The fraction of sp³-hybridized carbons (Fsp3) is 0.417. The quantitative estimate of drug-likeness (QED) is 0.787. The van der Waals surface area contributed by atoms with Crippen LogP contribution in [0.5, 0.6) is 0 Å². The first-order valence-electron chi connectivity index (χ1n) is 5.90. The highest BCUT2D eigenvalue weighted by Gasteiger charge is 2.20. The fourth-order valence-corrected chi connectivity index (χ4v) is 1.74. The Morgan fingerprint density at radius 3 is 2.79 bits per heavy atom. The van der Waals surface area contributed by atoms with Crippen LogP contribution in [0.2, 0.25) is 5.15 Å². The van der Waals surface area contributed by atoms with Gasteiger partial charge in [0, 0.05) is 13.6 Å². The average Bonchev–Trinajstić information content (AvgIpc) is 2.40. The number of nitrogens with one attached hydrogen (secondary N) is 1. The first kappa shape index (κ1) is 15.2. The molecule has 0 aromatic carbocycles. The number of hydrogen-bond donors (Lipinski definition) is 2. The second-order valence-corrected chi connectivity index (χ2v) is 4.36. The summed E-state index contributed by atoms with van der Waals surface area (Å²) in [7, 11) is 1.52. The predicted octanol–water partition coefficient (Wildman–Crippen LogP) is 0.915. The smallest absolute Gasteiger partial charge is 0.257 e. The van der Waals surface area contributed by atoms with Gasteiger partial charge in [0.05, 0.1) is 24.0 Å². The Morgan fingerprint density at radius 2 is 2.21 bits per heavy atom. The van der Waals surface area contributed by atoms with Crippen molar-refractivity contribution in [3.8, 4) is 0 Å². The molecule has 0 spiro atoms. The van der Waals surface area contributed by atoms with E-state index in [0.717, 1.165) is 6.42 Å². The molecule has 3 N–H and O–H groups in total. The molecule has 1 rings (SSSR count). The van der Waals surface area contributed by atoms with E-state index >= 15 is 0 Å². The zero-order valence-corrected chi connectivity index (χ0v) is 11.7. The molecule has 2 amide bonds. The minimum atomic E-state index is -0.352. The molecular formula is C12H17ClN4O2. The lowest BCUT2D eigenvalue weighted by atomic mass is 10.2. The number of likely N-dealkylation sites (N-methyl/N-ethyl adjacent to an activating group) is 1. The molecular weight excluding hydrogens is 268 g/mol. The number of carbonyl (C=O) groups is 2. The molecule has 19 heavy (non-hydrogen) atoms. The van der Waals surface area contributed by atoms with E-state index in [0.29, 0.717) is 12.2 Å². The van der Waals surface area contributed by atoms with Crippen molar-refractivity contribution in [3.05, 3.63) is 23.0 Å². The van der Waals surface area contributed by atoms with Gasteiger partial charge in [-0.1, -0.05) is 18.5 Å². The number of nitrogen functional groups attached to an aromatic ring is 1. The zero-order valence-electron chi connectivity index (χ0n) is 10.9. The van der Waals surface area contributed by atoms with E-state index in [2.05, 4.69) is 10.3 Å². The lowest BCUT2D eigenvalue weighted by Crippen LogP contribution is -2.40. The molecule has 7 heteroatoms. The Morgan fingerprint density at radius 1 is 1.53 bits per heavy atom. The molecule has 0 radical (unpaired) electrons. The zero-order chi connectivity index (χ0) is 14.4. The SMILES string of the molecule is CCCN(CC(=O)NC)C(=O)c1cc(N)cnc1Cl. The van der Waals surface area contributed by atoms with Crippen LogP contribution in [0.25, 0.3) is 0 Å². The predicted molar refractivity (Wildman–Crippen MR) is 73.9 cm³/mol. The first-order chi connectivity index (χ1) is 8.99. The van der Waals surface area contributed by atoms with E-state index in [4.69, 9.17) is 17.3 Å². The van der Waals surface area contributed by atoms with Crippen LogP contribution in [0.4, 0.5) is 5.69 Å². The molecule has 1 aromatic heterocycles. The molecule has 0 atom stereocenters. The molecule has 1 aromatic rings. The molecule has 0 fully saturated rings. The van der Waals surface area contributed by atoms with Gasteiger partial charge in [0.2, 0.25) is 5.91 Å².